The zero-order valence-electron chi connectivity index (χ0n) is 15.1. The van der Waals surface area contributed by atoms with E-state index in [9.17, 15) is 4.79 Å². The number of nitrogens with one attached hydrogen (secondary N) is 1. The number of anilines is 1. The van der Waals surface area contributed by atoms with E-state index in [-0.39, 0.29) is 11.7 Å². The topological polar surface area (TPSA) is 64.1 Å². The molecular formula is C21H17N3O2S2. The van der Waals surface area contributed by atoms with Gasteiger partial charge >= 0.3 is 0 Å². The van der Waals surface area contributed by atoms with Gasteiger partial charge in [-0.3, -0.25) is 4.79 Å². The zero-order chi connectivity index (χ0) is 19.3. The highest BCUT2D eigenvalue weighted by atomic mass is 32.2. The zero-order valence-corrected chi connectivity index (χ0v) is 16.7. The van der Waals surface area contributed by atoms with Gasteiger partial charge in [-0.05, 0) is 29.8 Å². The maximum absolute atomic E-state index is 12.4. The second kappa shape index (κ2) is 8.41. The average molecular weight is 408 g/mol. The van der Waals surface area contributed by atoms with Gasteiger partial charge in [-0.25, -0.2) is 9.97 Å². The number of carbonyl (C=O) groups is 1. The molecule has 0 spiro atoms. The Morgan fingerprint density at radius 2 is 1.89 bits per heavy atom. The van der Waals surface area contributed by atoms with E-state index < -0.39 is 0 Å². The molecule has 7 heteroatoms. The number of aromatic nitrogens is 2. The molecule has 0 aliphatic rings. The molecule has 0 saturated carbocycles. The molecule has 4 aromatic rings. The number of thiophene rings is 1. The number of methoxy groups -OCH3 is 1. The molecule has 0 atom stereocenters. The lowest BCUT2D eigenvalue weighted by atomic mass is 10.1. The molecular weight excluding hydrogens is 390 g/mol. The van der Waals surface area contributed by atoms with E-state index >= 15 is 0 Å². The van der Waals surface area contributed by atoms with Crippen molar-refractivity contribution in [3.05, 3.63) is 66.3 Å². The molecule has 1 N–H and O–H groups in total. The molecule has 5 nitrogen and oxygen atoms in total. The van der Waals surface area contributed by atoms with Crippen LogP contribution >= 0.6 is 23.1 Å². The molecule has 0 radical (unpaired) electrons. The molecule has 2 aromatic heterocycles. The first-order chi connectivity index (χ1) is 13.7. The summed E-state index contributed by atoms with van der Waals surface area (Å²) in [7, 11) is 1.61. The van der Waals surface area contributed by atoms with Crippen LogP contribution in [0, 0.1) is 0 Å². The fraction of sp³-hybridized carbons (Fsp3) is 0.0952. The van der Waals surface area contributed by atoms with Gasteiger partial charge in [-0.1, -0.05) is 42.1 Å². The van der Waals surface area contributed by atoms with Crippen molar-refractivity contribution in [3.8, 4) is 16.9 Å². The fourth-order valence-corrected chi connectivity index (χ4v) is 4.59. The highest BCUT2D eigenvalue weighted by Crippen LogP contribution is 2.37. The van der Waals surface area contributed by atoms with E-state index in [0.717, 1.165) is 37.8 Å². The lowest BCUT2D eigenvalue weighted by Gasteiger charge is -2.07. The summed E-state index contributed by atoms with van der Waals surface area (Å²) < 4.78 is 5.13. The number of nitrogens with zero attached hydrogens (tertiary/aromatic N) is 2. The molecule has 0 fully saturated rings. The fourth-order valence-electron chi connectivity index (χ4n) is 2.79. The summed E-state index contributed by atoms with van der Waals surface area (Å²) in [5, 5.41) is 6.80. The van der Waals surface area contributed by atoms with Crippen LogP contribution in [0.2, 0.25) is 0 Å². The van der Waals surface area contributed by atoms with Crippen LogP contribution in [0.4, 0.5) is 5.69 Å². The summed E-state index contributed by atoms with van der Waals surface area (Å²) in [6, 6.07) is 17.4. The van der Waals surface area contributed by atoms with Crippen LogP contribution in [0.15, 0.2) is 71.3 Å². The van der Waals surface area contributed by atoms with E-state index in [1.54, 1.807) is 24.8 Å². The SMILES string of the molecule is COc1ccc(NC(=O)CSc2ncnc3scc(-c4ccccc4)c23)cc1. The second-order valence-corrected chi connectivity index (χ2v) is 7.76. The van der Waals surface area contributed by atoms with Gasteiger partial charge in [0, 0.05) is 16.6 Å². The van der Waals surface area contributed by atoms with Crippen molar-refractivity contribution >= 4 is 44.9 Å². The normalized spacial score (nSPS) is 10.8. The van der Waals surface area contributed by atoms with Crippen LogP contribution < -0.4 is 10.1 Å². The summed E-state index contributed by atoms with van der Waals surface area (Å²) in [6.07, 6.45) is 1.55. The first-order valence-electron chi connectivity index (χ1n) is 8.59. The number of thioether (sulfide) groups is 1. The van der Waals surface area contributed by atoms with Gasteiger partial charge in [0.25, 0.3) is 0 Å². The van der Waals surface area contributed by atoms with Crippen LogP contribution in [0.25, 0.3) is 21.3 Å². The Morgan fingerprint density at radius 1 is 1.11 bits per heavy atom. The minimum absolute atomic E-state index is 0.0848. The number of fused-ring (bicyclic) bond motifs is 1. The van der Waals surface area contributed by atoms with Gasteiger partial charge in [0.15, 0.2) is 0 Å². The molecule has 0 aliphatic carbocycles. The summed E-state index contributed by atoms with van der Waals surface area (Å²) in [4.78, 5) is 22.1. The Hall–Kier alpha value is -2.90. The molecule has 28 heavy (non-hydrogen) atoms. The third-order valence-corrected chi connectivity index (χ3v) is 6.01. The van der Waals surface area contributed by atoms with Crippen LogP contribution in [-0.4, -0.2) is 28.7 Å². The standard InChI is InChI=1S/C21H17N3O2S2/c1-26-16-9-7-15(8-10-16)24-18(25)12-28-21-19-17(14-5-3-2-4-6-14)11-27-20(19)22-13-23-21/h2-11,13H,12H2,1H3,(H,24,25). The van der Waals surface area contributed by atoms with Crippen molar-refractivity contribution in [3.63, 3.8) is 0 Å². The smallest absolute Gasteiger partial charge is 0.234 e. The number of carbonyl (C=O) groups excluding carboxylic acids is 1. The minimum atomic E-state index is -0.0848. The van der Waals surface area contributed by atoms with Gasteiger partial charge in [0.1, 0.15) is 21.9 Å². The lowest BCUT2D eigenvalue weighted by molar-refractivity contribution is -0.113. The molecule has 0 bridgehead atoms. The van der Waals surface area contributed by atoms with Crippen molar-refractivity contribution in [1.29, 1.82) is 0 Å². The Morgan fingerprint density at radius 3 is 2.64 bits per heavy atom. The number of hydrogen-bond donors (Lipinski definition) is 1. The lowest BCUT2D eigenvalue weighted by Crippen LogP contribution is -2.14. The summed E-state index contributed by atoms with van der Waals surface area (Å²) in [6.45, 7) is 0. The number of amides is 1. The van der Waals surface area contributed by atoms with E-state index in [0.29, 0.717) is 0 Å². The van der Waals surface area contributed by atoms with Crippen molar-refractivity contribution in [2.75, 3.05) is 18.2 Å². The minimum Gasteiger partial charge on any atom is -0.497 e. The van der Waals surface area contributed by atoms with Gasteiger partial charge < -0.3 is 10.1 Å². The van der Waals surface area contributed by atoms with Gasteiger partial charge in [0.2, 0.25) is 5.91 Å². The molecule has 0 aliphatic heterocycles. The predicted octanol–water partition coefficient (Wildman–Crippen LogP) is 5.10. The third kappa shape index (κ3) is 4.00. The molecule has 140 valence electrons. The summed E-state index contributed by atoms with van der Waals surface area (Å²) in [5.41, 5.74) is 2.95. The Kier molecular flexibility index (Phi) is 5.55. The van der Waals surface area contributed by atoms with Gasteiger partial charge in [0.05, 0.1) is 18.2 Å². The molecule has 2 aromatic carbocycles. The van der Waals surface area contributed by atoms with Crippen LogP contribution in [-0.2, 0) is 4.79 Å². The predicted molar refractivity (Wildman–Crippen MR) is 115 cm³/mol. The maximum atomic E-state index is 12.4. The van der Waals surface area contributed by atoms with Crippen molar-refractivity contribution in [2.24, 2.45) is 0 Å². The Balaban J connectivity index is 1.51. The van der Waals surface area contributed by atoms with E-state index in [2.05, 4.69) is 32.8 Å². The molecule has 4 rings (SSSR count). The van der Waals surface area contributed by atoms with Crippen molar-refractivity contribution in [2.45, 2.75) is 5.03 Å². The molecule has 2 heterocycles. The summed E-state index contributed by atoms with van der Waals surface area (Å²) >= 11 is 3.00. The largest absolute Gasteiger partial charge is 0.497 e. The second-order valence-electron chi connectivity index (χ2n) is 5.94. The van der Waals surface area contributed by atoms with Crippen LogP contribution in [0.1, 0.15) is 0 Å². The van der Waals surface area contributed by atoms with Gasteiger partial charge in [-0.15, -0.1) is 11.3 Å². The monoisotopic (exact) mass is 407 g/mol. The highest BCUT2D eigenvalue weighted by Gasteiger charge is 2.14. The van der Waals surface area contributed by atoms with Crippen molar-refractivity contribution in [1.82, 2.24) is 9.97 Å². The first kappa shape index (κ1) is 18.5. The third-order valence-electron chi connectivity index (χ3n) is 4.13. The quantitative estimate of drug-likeness (QED) is 0.356. The number of ether oxygens (including phenoxy) is 1. The summed E-state index contributed by atoms with van der Waals surface area (Å²) in [5.74, 6) is 0.933. The van der Waals surface area contributed by atoms with E-state index in [1.807, 2.05) is 42.5 Å². The highest BCUT2D eigenvalue weighted by molar-refractivity contribution is 8.00. The number of benzene rings is 2. The first-order valence-corrected chi connectivity index (χ1v) is 10.5. The maximum Gasteiger partial charge on any atom is 0.234 e. The molecule has 1 amide bonds. The van der Waals surface area contributed by atoms with E-state index in [1.165, 1.54) is 11.8 Å². The molecule has 0 unspecified atom stereocenters. The molecule has 0 saturated heterocycles. The van der Waals surface area contributed by atoms with E-state index in [4.69, 9.17) is 4.74 Å². The Labute approximate surface area is 170 Å². The number of rotatable bonds is 6. The van der Waals surface area contributed by atoms with Crippen LogP contribution in [0.3, 0.4) is 0 Å². The number of hydrogen-bond acceptors (Lipinski definition) is 6. The van der Waals surface area contributed by atoms with Crippen molar-refractivity contribution < 1.29 is 9.53 Å². The van der Waals surface area contributed by atoms with Gasteiger partial charge in [-0.2, -0.15) is 0 Å². The Bertz CT molecular complexity index is 1100. The van der Waals surface area contributed by atoms with Crippen LogP contribution in [0.5, 0.6) is 5.75 Å². The average Bonchev–Trinajstić information content (AvgIpc) is 3.18.